The normalized spacial score (nSPS) is 11.9. The minimum Gasteiger partial charge on any atom is -0.494 e. The van der Waals surface area contributed by atoms with E-state index in [9.17, 15) is 10.0 Å². The molecular weight excluding hydrogens is 395 g/mol. The molecular formula is C28H27BO3. The van der Waals surface area contributed by atoms with Gasteiger partial charge in [-0.15, -0.1) is 0 Å². The summed E-state index contributed by atoms with van der Waals surface area (Å²) in [6, 6.07) is 30.7. The van der Waals surface area contributed by atoms with Crippen molar-refractivity contribution in [3.63, 3.8) is 0 Å². The van der Waals surface area contributed by atoms with Gasteiger partial charge < -0.3 is 14.8 Å². The highest BCUT2D eigenvalue weighted by Crippen LogP contribution is 2.38. The number of hydrogen-bond acceptors (Lipinski definition) is 3. The van der Waals surface area contributed by atoms with Gasteiger partial charge in [0, 0.05) is 0 Å². The first-order chi connectivity index (χ1) is 15.6. The molecule has 2 N–H and O–H groups in total. The number of allylic oxidation sites excluding steroid dienone is 1. The van der Waals surface area contributed by atoms with Crippen molar-refractivity contribution in [1.29, 1.82) is 0 Å². The summed E-state index contributed by atoms with van der Waals surface area (Å²) in [4.78, 5) is 0. The maximum atomic E-state index is 9.89. The molecule has 0 bridgehead atoms. The van der Waals surface area contributed by atoms with Crippen molar-refractivity contribution < 1.29 is 14.8 Å². The van der Waals surface area contributed by atoms with Crippen LogP contribution in [0.1, 0.15) is 37.0 Å². The van der Waals surface area contributed by atoms with E-state index in [2.05, 4.69) is 61.5 Å². The van der Waals surface area contributed by atoms with E-state index in [-0.39, 0.29) is 0 Å². The molecule has 0 unspecified atom stereocenters. The van der Waals surface area contributed by atoms with E-state index in [0.29, 0.717) is 17.8 Å². The molecule has 0 heterocycles. The molecule has 3 nitrogen and oxygen atoms in total. The van der Waals surface area contributed by atoms with Gasteiger partial charge in [-0.1, -0.05) is 85.8 Å². The minimum atomic E-state index is -1.56. The molecule has 0 atom stereocenters. The minimum absolute atomic E-state index is 0.419. The lowest BCUT2D eigenvalue weighted by molar-refractivity contribution is 0.340. The van der Waals surface area contributed by atoms with Gasteiger partial charge in [-0.05, 0) is 69.5 Å². The molecule has 0 saturated heterocycles. The Kier molecular flexibility index (Phi) is 6.74. The average molecular weight is 422 g/mol. The molecule has 0 aliphatic heterocycles. The van der Waals surface area contributed by atoms with Crippen LogP contribution in [0.5, 0.6) is 5.75 Å². The van der Waals surface area contributed by atoms with Crippen LogP contribution < -0.4 is 10.2 Å². The van der Waals surface area contributed by atoms with E-state index >= 15 is 0 Å². The second kappa shape index (κ2) is 9.86. The molecule has 0 amide bonds. The Hall–Kier alpha value is -3.34. The molecule has 4 aromatic carbocycles. The summed E-state index contributed by atoms with van der Waals surface area (Å²) in [5.74, 6) is 0.629. The van der Waals surface area contributed by atoms with E-state index in [1.807, 2.05) is 37.3 Å². The smallest absolute Gasteiger partial charge is 0.488 e. The zero-order valence-electron chi connectivity index (χ0n) is 18.5. The van der Waals surface area contributed by atoms with Crippen LogP contribution in [0.15, 0.2) is 91.0 Å². The molecule has 0 radical (unpaired) electrons. The highest BCUT2D eigenvalue weighted by molar-refractivity contribution is 6.58. The molecule has 0 fully saturated rings. The van der Waals surface area contributed by atoms with Gasteiger partial charge in [0.05, 0.1) is 6.61 Å². The second-order valence-electron chi connectivity index (χ2n) is 7.70. The lowest BCUT2D eigenvalue weighted by atomic mass is 9.77. The van der Waals surface area contributed by atoms with Crippen LogP contribution in [0.2, 0.25) is 0 Å². The van der Waals surface area contributed by atoms with Gasteiger partial charge in [-0.2, -0.15) is 0 Å². The number of fused-ring (bicyclic) bond motifs is 1. The Morgan fingerprint density at radius 2 is 1.50 bits per heavy atom. The van der Waals surface area contributed by atoms with Crippen LogP contribution in [0.25, 0.3) is 21.9 Å². The topological polar surface area (TPSA) is 49.7 Å². The van der Waals surface area contributed by atoms with Crippen molar-refractivity contribution in [1.82, 2.24) is 0 Å². The number of rotatable bonds is 7. The predicted molar refractivity (Wildman–Crippen MR) is 134 cm³/mol. The summed E-state index contributed by atoms with van der Waals surface area (Å²) in [6.07, 6.45) is 0.768. The molecule has 32 heavy (non-hydrogen) atoms. The first-order valence-electron chi connectivity index (χ1n) is 11.0. The van der Waals surface area contributed by atoms with Gasteiger partial charge in [0.1, 0.15) is 5.75 Å². The monoisotopic (exact) mass is 422 g/mol. The fourth-order valence-electron chi connectivity index (χ4n) is 4.26. The molecule has 0 spiro atoms. The van der Waals surface area contributed by atoms with E-state index in [1.54, 1.807) is 6.07 Å². The zero-order valence-corrected chi connectivity index (χ0v) is 18.5. The standard InChI is InChI=1S/C28H27BO3/c1-3-25(22-17-23(29(30)31)19-24(18-22)32-4-2)28(21-12-6-5-7-13-21)27-16-10-14-20-11-8-9-15-26(20)27/h5-19,30-31H,3-4H2,1-2H3/b28-25+. The predicted octanol–water partition coefficient (Wildman–Crippen LogP) is 5.29. The number of ether oxygens (including phenoxy) is 1. The van der Waals surface area contributed by atoms with Gasteiger partial charge in [-0.25, -0.2) is 0 Å². The van der Waals surface area contributed by atoms with Gasteiger partial charge in [0.25, 0.3) is 0 Å². The Balaban J connectivity index is 2.06. The summed E-state index contributed by atoms with van der Waals surface area (Å²) in [7, 11) is -1.56. The fourth-order valence-corrected chi connectivity index (χ4v) is 4.26. The molecule has 4 rings (SSSR count). The Bertz CT molecular complexity index is 1240. The largest absolute Gasteiger partial charge is 0.494 e. The summed E-state index contributed by atoms with van der Waals surface area (Å²) in [6.45, 7) is 4.56. The Morgan fingerprint density at radius 1 is 0.781 bits per heavy atom. The number of benzene rings is 4. The van der Waals surface area contributed by atoms with Gasteiger partial charge in [0.2, 0.25) is 0 Å². The third kappa shape index (κ3) is 4.47. The van der Waals surface area contributed by atoms with Crippen LogP contribution in [0, 0.1) is 0 Å². The Morgan fingerprint density at radius 3 is 2.22 bits per heavy atom. The second-order valence-corrected chi connectivity index (χ2v) is 7.70. The van der Waals surface area contributed by atoms with Crippen molar-refractivity contribution >= 4 is 34.5 Å². The average Bonchev–Trinajstić information content (AvgIpc) is 2.83. The van der Waals surface area contributed by atoms with Crippen LogP contribution >= 0.6 is 0 Å². The van der Waals surface area contributed by atoms with Gasteiger partial charge >= 0.3 is 7.12 Å². The summed E-state index contributed by atoms with van der Waals surface area (Å²) < 4.78 is 5.75. The van der Waals surface area contributed by atoms with Crippen molar-refractivity contribution in [2.75, 3.05) is 6.61 Å². The first-order valence-corrected chi connectivity index (χ1v) is 11.0. The van der Waals surface area contributed by atoms with E-state index < -0.39 is 7.12 Å². The quantitative estimate of drug-likeness (QED) is 0.315. The third-order valence-corrected chi connectivity index (χ3v) is 5.66. The van der Waals surface area contributed by atoms with E-state index in [0.717, 1.165) is 34.3 Å². The van der Waals surface area contributed by atoms with Gasteiger partial charge in [-0.3, -0.25) is 0 Å². The summed E-state index contributed by atoms with van der Waals surface area (Å²) in [5.41, 5.74) is 5.87. The molecule has 0 aliphatic carbocycles. The zero-order chi connectivity index (χ0) is 22.5. The molecule has 4 aromatic rings. The fraction of sp³-hybridized carbons (Fsp3) is 0.143. The SMILES string of the molecule is CCOc1cc(B(O)O)cc(/C(CC)=C(\c2ccccc2)c2cccc3ccccc23)c1. The lowest BCUT2D eigenvalue weighted by Gasteiger charge is -2.19. The third-order valence-electron chi connectivity index (χ3n) is 5.66. The molecule has 0 aliphatic rings. The molecule has 160 valence electrons. The lowest BCUT2D eigenvalue weighted by Crippen LogP contribution is -2.30. The van der Waals surface area contributed by atoms with Crippen molar-refractivity contribution in [3.8, 4) is 5.75 Å². The first kappa shape index (κ1) is 21.9. The van der Waals surface area contributed by atoms with Crippen LogP contribution in [0.3, 0.4) is 0 Å². The van der Waals surface area contributed by atoms with E-state index in [1.165, 1.54) is 10.8 Å². The van der Waals surface area contributed by atoms with E-state index in [4.69, 9.17) is 4.74 Å². The maximum Gasteiger partial charge on any atom is 0.488 e. The van der Waals surface area contributed by atoms with Crippen molar-refractivity contribution in [2.45, 2.75) is 20.3 Å². The highest BCUT2D eigenvalue weighted by Gasteiger charge is 2.19. The highest BCUT2D eigenvalue weighted by atomic mass is 16.5. The number of hydrogen-bond donors (Lipinski definition) is 2. The van der Waals surface area contributed by atoms with Crippen LogP contribution in [0.4, 0.5) is 0 Å². The van der Waals surface area contributed by atoms with Gasteiger partial charge in [0.15, 0.2) is 0 Å². The molecule has 0 saturated carbocycles. The van der Waals surface area contributed by atoms with Crippen molar-refractivity contribution in [2.24, 2.45) is 0 Å². The van der Waals surface area contributed by atoms with Crippen LogP contribution in [-0.4, -0.2) is 23.8 Å². The maximum absolute atomic E-state index is 9.89. The van der Waals surface area contributed by atoms with Crippen molar-refractivity contribution in [3.05, 3.63) is 108 Å². The molecule has 4 heteroatoms. The Labute approximate surface area is 189 Å². The summed E-state index contributed by atoms with van der Waals surface area (Å²) in [5, 5.41) is 22.2. The summed E-state index contributed by atoms with van der Waals surface area (Å²) >= 11 is 0. The van der Waals surface area contributed by atoms with Crippen LogP contribution in [-0.2, 0) is 0 Å². The molecule has 0 aromatic heterocycles.